The summed E-state index contributed by atoms with van der Waals surface area (Å²) in [6.07, 6.45) is 7.84. The molecule has 0 bridgehead atoms. The molecule has 22 heavy (non-hydrogen) atoms. The van der Waals surface area contributed by atoms with Gasteiger partial charge in [0.25, 0.3) is 0 Å². The minimum atomic E-state index is 0.421. The Morgan fingerprint density at radius 3 is 3.00 bits per heavy atom. The van der Waals surface area contributed by atoms with E-state index in [4.69, 9.17) is 5.73 Å². The Balaban J connectivity index is 1.74. The zero-order valence-corrected chi connectivity index (χ0v) is 12.3. The van der Waals surface area contributed by atoms with Crippen molar-refractivity contribution in [2.75, 3.05) is 17.6 Å². The first-order valence-corrected chi connectivity index (χ1v) is 7.37. The molecule has 3 heterocycles. The van der Waals surface area contributed by atoms with Crippen molar-refractivity contribution in [1.82, 2.24) is 24.6 Å². The number of fused-ring (bicyclic) bond motifs is 1. The Labute approximate surface area is 127 Å². The Morgan fingerprint density at radius 2 is 2.18 bits per heavy atom. The van der Waals surface area contributed by atoms with Crippen LogP contribution < -0.4 is 11.1 Å². The third-order valence-electron chi connectivity index (χ3n) is 3.82. The molecular formula is C15H17N7. The topological polar surface area (TPSA) is 94.0 Å². The monoisotopic (exact) mass is 295 g/mol. The maximum atomic E-state index is 6.06. The van der Waals surface area contributed by atoms with Gasteiger partial charge in [0.05, 0.1) is 11.3 Å². The molecule has 0 spiro atoms. The second-order valence-electron chi connectivity index (χ2n) is 5.77. The molecule has 1 saturated carbocycles. The summed E-state index contributed by atoms with van der Waals surface area (Å²) in [7, 11) is 0. The van der Waals surface area contributed by atoms with Crippen molar-refractivity contribution in [3.8, 4) is 11.3 Å². The molecule has 3 aromatic heterocycles. The summed E-state index contributed by atoms with van der Waals surface area (Å²) in [4.78, 5) is 13.0. The number of rotatable bonds is 4. The van der Waals surface area contributed by atoms with Crippen LogP contribution in [0.4, 0.5) is 11.6 Å². The zero-order valence-electron chi connectivity index (χ0n) is 12.3. The SMILES string of the molecule is Cc1cnc2c(-c3cc(NCC4CC4)ncn3)c(N)nn2c1. The molecular weight excluding hydrogens is 278 g/mol. The predicted octanol–water partition coefficient (Wildman–Crippen LogP) is 1.90. The van der Waals surface area contributed by atoms with Crippen LogP contribution in [0.15, 0.2) is 24.8 Å². The lowest BCUT2D eigenvalue weighted by molar-refractivity contribution is 0.881. The van der Waals surface area contributed by atoms with Crippen LogP contribution in [0.25, 0.3) is 16.9 Å². The normalized spacial score (nSPS) is 14.4. The summed E-state index contributed by atoms with van der Waals surface area (Å²) in [5.41, 5.74) is 9.27. The van der Waals surface area contributed by atoms with Crippen LogP contribution in [0.1, 0.15) is 18.4 Å². The van der Waals surface area contributed by atoms with Crippen molar-refractivity contribution in [2.24, 2.45) is 5.92 Å². The molecule has 7 heteroatoms. The second kappa shape index (κ2) is 4.94. The lowest BCUT2D eigenvalue weighted by Gasteiger charge is -2.05. The van der Waals surface area contributed by atoms with Crippen LogP contribution in [-0.4, -0.2) is 31.1 Å². The molecule has 0 unspecified atom stereocenters. The van der Waals surface area contributed by atoms with E-state index in [0.29, 0.717) is 11.5 Å². The van der Waals surface area contributed by atoms with E-state index in [1.807, 2.05) is 19.2 Å². The summed E-state index contributed by atoms with van der Waals surface area (Å²) in [6, 6.07) is 1.90. The highest BCUT2D eigenvalue weighted by atomic mass is 15.3. The predicted molar refractivity (Wildman–Crippen MR) is 84.4 cm³/mol. The van der Waals surface area contributed by atoms with Crippen molar-refractivity contribution in [1.29, 1.82) is 0 Å². The zero-order chi connectivity index (χ0) is 15.1. The van der Waals surface area contributed by atoms with E-state index in [1.165, 1.54) is 12.8 Å². The van der Waals surface area contributed by atoms with Crippen molar-refractivity contribution in [3.05, 3.63) is 30.4 Å². The Morgan fingerprint density at radius 1 is 1.32 bits per heavy atom. The molecule has 0 aliphatic heterocycles. The number of nitrogen functional groups attached to an aromatic ring is 1. The smallest absolute Gasteiger partial charge is 0.166 e. The Bertz CT molecular complexity index is 835. The fraction of sp³-hybridized carbons (Fsp3) is 0.333. The molecule has 4 rings (SSSR count). The van der Waals surface area contributed by atoms with E-state index in [9.17, 15) is 0 Å². The highest BCUT2D eigenvalue weighted by Gasteiger charge is 2.21. The average molecular weight is 295 g/mol. The van der Waals surface area contributed by atoms with Crippen molar-refractivity contribution in [3.63, 3.8) is 0 Å². The molecule has 3 aromatic rings. The fourth-order valence-corrected chi connectivity index (χ4v) is 2.45. The van der Waals surface area contributed by atoms with Gasteiger partial charge in [-0.2, -0.15) is 0 Å². The molecule has 0 aromatic carbocycles. The molecule has 0 amide bonds. The number of nitrogens with two attached hydrogens (primary N) is 1. The largest absolute Gasteiger partial charge is 0.382 e. The van der Waals surface area contributed by atoms with Gasteiger partial charge in [-0.25, -0.2) is 19.5 Å². The number of hydrogen-bond donors (Lipinski definition) is 2. The van der Waals surface area contributed by atoms with Crippen molar-refractivity contribution < 1.29 is 0 Å². The average Bonchev–Trinajstić information content (AvgIpc) is 3.27. The van der Waals surface area contributed by atoms with Crippen LogP contribution in [0, 0.1) is 12.8 Å². The molecule has 112 valence electrons. The summed E-state index contributed by atoms with van der Waals surface area (Å²) in [5.74, 6) is 2.01. The highest BCUT2D eigenvalue weighted by molar-refractivity contribution is 5.84. The third-order valence-corrected chi connectivity index (χ3v) is 3.82. The maximum absolute atomic E-state index is 6.06. The van der Waals surface area contributed by atoms with Crippen LogP contribution in [0.2, 0.25) is 0 Å². The second-order valence-corrected chi connectivity index (χ2v) is 5.77. The lowest BCUT2D eigenvalue weighted by atomic mass is 10.2. The van der Waals surface area contributed by atoms with E-state index in [0.717, 1.165) is 35.1 Å². The van der Waals surface area contributed by atoms with E-state index in [-0.39, 0.29) is 0 Å². The quantitative estimate of drug-likeness (QED) is 0.763. The Kier molecular flexibility index (Phi) is 2.92. The van der Waals surface area contributed by atoms with Gasteiger partial charge in [-0.3, -0.25) is 0 Å². The summed E-state index contributed by atoms with van der Waals surface area (Å²) in [6.45, 7) is 2.92. The molecule has 1 aliphatic rings. The van der Waals surface area contributed by atoms with Gasteiger partial charge in [-0.1, -0.05) is 0 Å². The van der Waals surface area contributed by atoms with E-state index in [2.05, 4.69) is 25.4 Å². The van der Waals surface area contributed by atoms with Gasteiger partial charge in [0.15, 0.2) is 11.5 Å². The summed E-state index contributed by atoms with van der Waals surface area (Å²) < 4.78 is 1.69. The van der Waals surface area contributed by atoms with Gasteiger partial charge in [0.2, 0.25) is 0 Å². The van der Waals surface area contributed by atoms with Gasteiger partial charge in [0.1, 0.15) is 12.1 Å². The van der Waals surface area contributed by atoms with Gasteiger partial charge < -0.3 is 11.1 Å². The number of aromatic nitrogens is 5. The van der Waals surface area contributed by atoms with Gasteiger partial charge in [-0.05, 0) is 31.2 Å². The fourth-order valence-electron chi connectivity index (χ4n) is 2.45. The summed E-state index contributed by atoms with van der Waals surface area (Å²) in [5, 5.41) is 7.66. The van der Waals surface area contributed by atoms with Gasteiger partial charge >= 0.3 is 0 Å². The molecule has 0 radical (unpaired) electrons. The van der Waals surface area contributed by atoms with Gasteiger partial charge in [-0.15, -0.1) is 5.10 Å². The number of nitrogens with zero attached hydrogens (tertiary/aromatic N) is 5. The third kappa shape index (κ3) is 2.34. The maximum Gasteiger partial charge on any atom is 0.166 e. The van der Waals surface area contributed by atoms with Crippen LogP contribution >= 0.6 is 0 Å². The summed E-state index contributed by atoms with van der Waals surface area (Å²) >= 11 is 0. The van der Waals surface area contributed by atoms with Crippen molar-refractivity contribution in [2.45, 2.75) is 19.8 Å². The van der Waals surface area contributed by atoms with E-state index in [1.54, 1.807) is 17.0 Å². The minimum Gasteiger partial charge on any atom is -0.382 e. The number of aryl methyl sites for hydroxylation is 1. The van der Waals surface area contributed by atoms with Crippen LogP contribution in [-0.2, 0) is 0 Å². The molecule has 0 saturated heterocycles. The van der Waals surface area contributed by atoms with Gasteiger partial charge in [0, 0.05) is 25.0 Å². The molecule has 7 nitrogen and oxygen atoms in total. The molecule has 0 atom stereocenters. The standard InChI is InChI=1S/C15H17N7/c1-9-5-18-15-13(14(16)21-22(15)7-9)11-4-12(20-8-19-11)17-6-10-2-3-10/h4-5,7-8,10H,2-3,6H2,1H3,(H2,16,21)(H,17,19,20). The minimum absolute atomic E-state index is 0.421. The Hall–Kier alpha value is -2.70. The number of anilines is 2. The van der Waals surface area contributed by atoms with Crippen molar-refractivity contribution >= 4 is 17.3 Å². The number of hydrogen-bond acceptors (Lipinski definition) is 6. The lowest BCUT2D eigenvalue weighted by Crippen LogP contribution is -2.05. The first-order chi connectivity index (χ1) is 10.7. The van der Waals surface area contributed by atoms with Crippen LogP contribution in [0.3, 0.4) is 0 Å². The van der Waals surface area contributed by atoms with Crippen LogP contribution in [0.5, 0.6) is 0 Å². The molecule has 1 fully saturated rings. The van der Waals surface area contributed by atoms with E-state index < -0.39 is 0 Å². The van der Waals surface area contributed by atoms with E-state index >= 15 is 0 Å². The first kappa shape index (κ1) is 13.0. The first-order valence-electron chi connectivity index (χ1n) is 7.37. The highest BCUT2D eigenvalue weighted by Crippen LogP contribution is 2.30. The number of nitrogens with one attached hydrogen (secondary N) is 1. The molecule has 3 N–H and O–H groups in total. The molecule has 1 aliphatic carbocycles.